The summed E-state index contributed by atoms with van der Waals surface area (Å²) in [6.45, 7) is 3.59. The van der Waals surface area contributed by atoms with Gasteiger partial charge in [-0.15, -0.1) is 0 Å². The van der Waals surface area contributed by atoms with Crippen molar-refractivity contribution < 1.29 is 23.7 Å². The van der Waals surface area contributed by atoms with Crippen LogP contribution >= 0.6 is 0 Å². The average molecular weight is 487 g/mol. The number of rotatable bonds is 9. The van der Waals surface area contributed by atoms with E-state index in [-0.39, 0.29) is 25.0 Å². The Morgan fingerprint density at radius 1 is 1.00 bits per heavy atom. The van der Waals surface area contributed by atoms with Crippen LogP contribution in [0.15, 0.2) is 66.9 Å². The van der Waals surface area contributed by atoms with Crippen LogP contribution in [0.4, 0.5) is 0 Å². The SMILES string of the molecule is CCn1cc(C(CC(=O)NCc2ccc3c(c2)OCO3)c2cc(OC)cc(OC)c2)c2ccccc21. The van der Waals surface area contributed by atoms with E-state index < -0.39 is 0 Å². The lowest BCUT2D eigenvalue weighted by atomic mass is 9.87. The number of fused-ring (bicyclic) bond motifs is 2. The topological polar surface area (TPSA) is 71.0 Å². The Bertz CT molecular complexity index is 1370. The summed E-state index contributed by atoms with van der Waals surface area (Å²) < 4.78 is 24.1. The zero-order valence-electron chi connectivity index (χ0n) is 20.7. The second-order valence-corrected chi connectivity index (χ2v) is 8.75. The van der Waals surface area contributed by atoms with Gasteiger partial charge in [0.15, 0.2) is 11.5 Å². The number of carbonyl (C=O) groups is 1. The fourth-order valence-corrected chi connectivity index (χ4v) is 4.76. The summed E-state index contributed by atoms with van der Waals surface area (Å²) >= 11 is 0. The van der Waals surface area contributed by atoms with E-state index in [4.69, 9.17) is 18.9 Å². The number of aryl methyl sites for hydroxylation is 1. The molecule has 186 valence electrons. The maximum atomic E-state index is 13.3. The fourth-order valence-electron chi connectivity index (χ4n) is 4.76. The Balaban J connectivity index is 1.46. The number of benzene rings is 3. The lowest BCUT2D eigenvalue weighted by molar-refractivity contribution is -0.121. The van der Waals surface area contributed by atoms with Gasteiger partial charge in [-0.3, -0.25) is 4.79 Å². The number of ether oxygens (including phenoxy) is 4. The van der Waals surface area contributed by atoms with Gasteiger partial charge >= 0.3 is 0 Å². The van der Waals surface area contributed by atoms with Gasteiger partial charge in [0, 0.05) is 48.6 Å². The Labute approximate surface area is 210 Å². The Morgan fingerprint density at radius 3 is 2.50 bits per heavy atom. The number of hydrogen-bond acceptors (Lipinski definition) is 5. The number of para-hydroxylation sites is 1. The number of amides is 1. The van der Waals surface area contributed by atoms with E-state index in [1.807, 2.05) is 48.5 Å². The first-order chi connectivity index (χ1) is 17.6. The third-order valence-corrected chi connectivity index (χ3v) is 6.63. The van der Waals surface area contributed by atoms with Crippen molar-refractivity contribution in [2.45, 2.75) is 32.4 Å². The van der Waals surface area contributed by atoms with Gasteiger partial charge in [0.25, 0.3) is 0 Å². The molecule has 1 aliphatic rings. The number of aromatic nitrogens is 1. The quantitative estimate of drug-likeness (QED) is 0.350. The largest absolute Gasteiger partial charge is 0.497 e. The van der Waals surface area contributed by atoms with E-state index in [2.05, 4.69) is 35.1 Å². The second kappa shape index (κ2) is 10.2. The molecule has 4 aromatic rings. The molecule has 3 aromatic carbocycles. The maximum absolute atomic E-state index is 13.3. The summed E-state index contributed by atoms with van der Waals surface area (Å²) in [5, 5.41) is 4.22. The average Bonchev–Trinajstić information content (AvgIpc) is 3.54. The molecular weight excluding hydrogens is 456 g/mol. The summed E-state index contributed by atoms with van der Waals surface area (Å²) in [6, 6.07) is 19.8. The van der Waals surface area contributed by atoms with Gasteiger partial charge in [-0.05, 0) is 53.9 Å². The van der Waals surface area contributed by atoms with Gasteiger partial charge in [0.1, 0.15) is 11.5 Å². The Morgan fingerprint density at radius 2 is 1.75 bits per heavy atom. The summed E-state index contributed by atoms with van der Waals surface area (Å²) in [5.74, 6) is 2.57. The van der Waals surface area contributed by atoms with Gasteiger partial charge in [-0.25, -0.2) is 0 Å². The molecule has 7 nitrogen and oxygen atoms in total. The molecule has 0 saturated carbocycles. The van der Waals surface area contributed by atoms with Crippen LogP contribution in [0, 0.1) is 0 Å². The highest BCUT2D eigenvalue weighted by Crippen LogP contribution is 2.38. The smallest absolute Gasteiger partial charge is 0.231 e. The van der Waals surface area contributed by atoms with Crippen LogP contribution in [0.25, 0.3) is 10.9 Å². The van der Waals surface area contributed by atoms with Crippen LogP contribution in [0.2, 0.25) is 0 Å². The van der Waals surface area contributed by atoms with Crippen LogP contribution in [0.1, 0.15) is 36.0 Å². The van der Waals surface area contributed by atoms with Crippen molar-refractivity contribution in [2.24, 2.45) is 0 Å². The third-order valence-electron chi connectivity index (χ3n) is 6.63. The summed E-state index contributed by atoms with van der Waals surface area (Å²) in [7, 11) is 3.27. The molecule has 2 heterocycles. The Hall–Kier alpha value is -4.13. The second-order valence-electron chi connectivity index (χ2n) is 8.75. The molecule has 1 aromatic heterocycles. The van der Waals surface area contributed by atoms with E-state index in [0.29, 0.717) is 23.8 Å². The van der Waals surface area contributed by atoms with Gasteiger partial charge in [0.2, 0.25) is 12.7 Å². The predicted molar refractivity (Wildman–Crippen MR) is 138 cm³/mol. The van der Waals surface area contributed by atoms with Crippen molar-refractivity contribution in [3.8, 4) is 23.0 Å². The van der Waals surface area contributed by atoms with Gasteiger partial charge in [-0.1, -0.05) is 24.3 Å². The van der Waals surface area contributed by atoms with Crippen LogP contribution in [-0.2, 0) is 17.9 Å². The molecule has 36 heavy (non-hydrogen) atoms. The number of carbonyl (C=O) groups excluding carboxylic acids is 1. The molecule has 1 N–H and O–H groups in total. The molecule has 1 atom stereocenters. The first kappa shape index (κ1) is 23.6. The van der Waals surface area contributed by atoms with E-state index in [0.717, 1.165) is 39.9 Å². The minimum Gasteiger partial charge on any atom is -0.497 e. The molecule has 1 aliphatic heterocycles. The number of methoxy groups -OCH3 is 2. The van der Waals surface area contributed by atoms with Crippen LogP contribution in [0.5, 0.6) is 23.0 Å². The number of nitrogens with one attached hydrogen (secondary N) is 1. The van der Waals surface area contributed by atoms with Crippen LogP contribution in [-0.4, -0.2) is 31.5 Å². The predicted octanol–water partition coefficient (Wildman–Crippen LogP) is 5.25. The first-order valence-corrected chi connectivity index (χ1v) is 12.1. The first-order valence-electron chi connectivity index (χ1n) is 12.1. The van der Waals surface area contributed by atoms with Gasteiger partial charge in [-0.2, -0.15) is 0 Å². The molecular formula is C29H30N2O5. The molecule has 0 bridgehead atoms. The van der Waals surface area contributed by atoms with E-state index in [9.17, 15) is 4.79 Å². The third kappa shape index (κ3) is 4.69. The molecule has 0 fully saturated rings. The molecule has 1 unspecified atom stereocenters. The monoisotopic (exact) mass is 486 g/mol. The zero-order chi connectivity index (χ0) is 25.1. The maximum Gasteiger partial charge on any atom is 0.231 e. The lowest BCUT2D eigenvalue weighted by Crippen LogP contribution is -2.25. The van der Waals surface area contributed by atoms with Crippen molar-refractivity contribution in [1.82, 2.24) is 9.88 Å². The van der Waals surface area contributed by atoms with Crippen LogP contribution in [0.3, 0.4) is 0 Å². The molecule has 0 spiro atoms. The van der Waals surface area contributed by atoms with Crippen molar-refractivity contribution in [1.29, 1.82) is 0 Å². The van der Waals surface area contributed by atoms with Crippen LogP contribution < -0.4 is 24.3 Å². The van der Waals surface area contributed by atoms with Crippen molar-refractivity contribution in [3.05, 3.63) is 83.6 Å². The zero-order valence-corrected chi connectivity index (χ0v) is 20.7. The lowest BCUT2D eigenvalue weighted by Gasteiger charge is -2.19. The minimum atomic E-state index is -0.191. The number of hydrogen-bond donors (Lipinski definition) is 1. The van der Waals surface area contributed by atoms with Crippen molar-refractivity contribution >= 4 is 16.8 Å². The summed E-state index contributed by atoms with van der Waals surface area (Å²) in [5.41, 5.74) is 4.16. The highest BCUT2D eigenvalue weighted by molar-refractivity contribution is 5.86. The minimum absolute atomic E-state index is 0.0483. The molecule has 0 radical (unpaired) electrons. The fraction of sp³-hybridized carbons (Fsp3) is 0.276. The summed E-state index contributed by atoms with van der Waals surface area (Å²) in [6.07, 6.45) is 2.44. The van der Waals surface area contributed by atoms with E-state index in [1.54, 1.807) is 14.2 Å². The standard InChI is InChI=1S/C29H30N2O5/c1-4-31-17-25(23-7-5-6-8-26(23)31)24(20-12-21(33-2)14-22(13-20)34-3)15-29(32)30-16-19-9-10-27-28(11-19)36-18-35-27/h5-14,17,24H,4,15-16,18H2,1-3H3,(H,30,32). The molecule has 1 amide bonds. The van der Waals surface area contributed by atoms with Crippen molar-refractivity contribution in [2.75, 3.05) is 21.0 Å². The molecule has 0 saturated heterocycles. The van der Waals surface area contributed by atoms with E-state index in [1.165, 1.54) is 0 Å². The normalized spacial score (nSPS) is 13.0. The highest BCUT2D eigenvalue weighted by atomic mass is 16.7. The highest BCUT2D eigenvalue weighted by Gasteiger charge is 2.24. The summed E-state index contributed by atoms with van der Waals surface area (Å²) in [4.78, 5) is 13.3. The molecule has 5 rings (SSSR count). The van der Waals surface area contributed by atoms with Gasteiger partial charge in [0.05, 0.1) is 14.2 Å². The van der Waals surface area contributed by atoms with Gasteiger partial charge < -0.3 is 28.8 Å². The molecule has 0 aliphatic carbocycles. The number of nitrogens with zero attached hydrogens (tertiary/aromatic N) is 1. The van der Waals surface area contributed by atoms with Crippen molar-refractivity contribution in [3.63, 3.8) is 0 Å². The Kier molecular flexibility index (Phi) is 6.71. The van der Waals surface area contributed by atoms with E-state index >= 15 is 0 Å². The molecule has 7 heteroatoms.